The minimum Gasteiger partial charge on any atom is -0.331 e. The van der Waals surface area contributed by atoms with E-state index in [1.165, 1.54) is 0 Å². The van der Waals surface area contributed by atoms with Crippen LogP contribution in [-0.2, 0) is 0 Å². The summed E-state index contributed by atoms with van der Waals surface area (Å²) in [7, 11) is 4.18. The quantitative estimate of drug-likeness (QED) is 0.214. The number of hydrogen-bond acceptors (Lipinski definition) is 8. The highest BCUT2D eigenvalue weighted by Crippen LogP contribution is 1.77. The van der Waals surface area contributed by atoms with Gasteiger partial charge in [0.25, 0.3) is 0 Å². The van der Waals surface area contributed by atoms with E-state index in [9.17, 15) is 0 Å². The number of nitrogens with zero attached hydrogens (tertiary/aromatic N) is 2. The minimum absolute atomic E-state index is 0.750. The molecule has 0 saturated heterocycles. The molecule has 0 aliphatic heterocycles. The summed E-state index contributed by atoms with van der Waals surface area (Å²) in [5.74, 6) is 0. The molecule has 0 radical (unpaired) electrons. The lowest BCUT2D eigenvalue weighted by Crippen LogP contribution is -2.32. The van der Waals surface area contributed by atoms with E-state index in [1.807, 2.05) is 6.92 Å². The lowest BCUT2D eigenvalue weighted by molar-refractivity contribution is 0.342. The van der Waals surface area contributed by atoms with Gasteiger partial charge in [0.05, 0.1) is 0 Å². The molecule has 176 valence electrons. The molecular weight excluding hydrogens is 352 g/mol. The topological polar surface area (TPSA) is 121 Å². The van der Waals surface area contributed by atoms with Crippen LogP contribution in [0.15, 0.2) is 0 Å². The van der Waals surface area contributed by atoms with Crippen molar-refractivity contribution in [3.05, 3.63) is 0 Å². The van der Waals surface area contributed by atoms with E-state index < -0.39 is 0 Å². The number of rotatable bonds is 14. The highest BCUT2D eigenvalue weighted by molar-refractivity contribution is 4.54. The smallest absolute Gasteiger partial charge is 0.0104 e. The van der Waals surface area contributed by atoms with Crippen LogP contribution < -0.4 is 33.2 Å². The van der Waals surface area contributed by atoms with Gasteiger partial charge in [-0.25, -0.2) is 0 Å². The van der Waals surface area contributed by atoms with Gasteiger partial charge in [0.2, 0.25) is 0 Å². The Labute approximate surface area is 177 Å². The van der Waals surface area contributed by atoms with Crippen molar-refractivity contribution >= 4 is 0 Å². The summed E-state index contributed by atoms with van der Waals surface area (Å²) in [6.45, 7) is 23.2. The molecule has 8 nitrogen and oxygen atoms in total. The number of nitrogens with one attached hydrogen (secondary N) is 3. The Hall–Kier alpha value is -0.320. The van der Waals surface area contributed by atoms with Crippen LogP contribution >= 0.6 is 0 Å². The van der Waals surface area contributed by atoms with E-state index in [1.54, 1.807) is 0 Å². The molecule has 28 heavy (non-hydrogen) atoms. The Morgan fingerprint density at radius 3 is 1.00 bits per heavy atom. The van der Waals surface area contributed by atoms with Gasteiger partial charge in [-0.05, 0) is 46.8 Å². The zero-order valence-electron chi connectivity index (χ0n) is 20.3. The van der Waals surface area contributed by atoms with Gasteiger partial charge in [0.15, 0.2) is 0 Å². The van der Waals surface area contributed by atoms with Crippen molar-refractivity contribution in [2.75, 3.05) is 99.2 Å². The lowest BCUT2D eigenvalue weighted by Gasteiger charge is -2.14. The standard InChI is InChI=1S/2C7H19N3.C4H11N.C2H7N/c2*1-3-9-5-7-10(2)6-4-8;1-3-5-4-2;1-2-3/h2*9H,3-8H2,1-2H3;5H,3-4H2,1-2H3;2-3H2,1H3. The summed E-state index contributed by atoms with van der Waals surface area (Å²) in [5.41, 5.74) is 15.6. The SMILES string of the molecule is CCN.CCNCC.CCNCCN(C)CCN.CCNCCN(C)CCN. The Balaban J connectivity index is -0.000000150. The first-order chi connectivity index (χ1) is 13.4. The molecule has 0 heterocycles. The van der Waals surface area contributed by atoms with Gasteiger partial charge in [-0.3, -0.25) is 0 Å². The molecule has 0 unspecified atom stereocenters. The average molecular weight is 409 g/mol. The highest BCUT2D eigenvalue weighted by Gasteiger charge is 1.93. The molecule has 0 aliphatic carbocycles. The molecule has 0 aliphatic rings. The van der Waals surface area contributed by atoms with Crippen LogP contribution in [0, 0.1) is 0 Å². The fourth-order valence-electron chi connectivity index (χ4n) is 1.81. The molecule has 0 saturated carbocycles. The van der Waals surface area contributed by atoms with Crippen LogP contribution in [0.25, 0.3) is 0 Å². The maximum absolute atomic E-state index is 5.37. The van der Waals surface area contributed by atoms with Crippen LogP contribution in [-0.4, -0.2) is 109 Å². The van der Waals surface area contributed by atoms with Crippen molar-refractivity contribution in [3.63, 3.8) is 0 Å². The maximum Gasteiger partial charge on any atom is 0.0104 e. The first-order valence-electron chi connectivity index (χ1n) is 11.0. The van der Waals surface area contributed by atoms with Crippen molar-refractivity contribution in [1.29, 1.82) is 0 Å². The third-order valence-electron chi connectivity index (χ3n) is 3.36. The Bertz CT molecular complexity index is 200. The predicted octanol–water partition coefficient (Wildman–Crippen LogP) is -0.446. The van der Waals surface area contributed by atoms with Gasteiger partial charge in [-0.1, -0.05) is 34.6 Å². The molecule has 0 rings (SSSR count). The molecular formula is C20H56N8. The average Bonchev–Trinajstić information content (AvgIpc) is 2.65. The number of nitrogens with two attached hydrogens (primary N) is 3. The summed E-state index contributed by atoms with van der Waals surface area (Å²) in [4.78, 5) is 4.45. The van der Waals surface area contributed by atoms with Gasteiger partial charge in [-0.2, -0.15) is 0 Å². The van der Waals surface area contributed by atoms with Gasteiger partial charge < -0.3 is 43.0 Å². The summed E-state index contributed by atoms with van der Waals surface area (Å²) in [6.07, 6.45) is 0. The van der Waals surface area contributed by atoms with Gasteiger partial charge in [-0.15, -0.1) is 0 Å². The van der Waals surface area contributed by atoms with Crippen LogP contribution in [0.4, 0.5) is 0 Å². The zero-order chi connectivity index (χ0) is 22.5. The van der Waals surface area contributed by atoms with Crippen LogP contribution in [0.3, 0.4) is 0 Å². The van der Waals surface area contributed by atoms with E-state index >= 15 is 0 Å². The molecule has 0 atom stereocenters. The second-order valence-electron chi connectivity index (χ2n) is 6.26. The zero-order valence-corrected chi connectivity index (χ0v) is 20.3. The van der Waals surface area contributed by atoms with Gasteiger partial charge in [0.1, 0.15) is 0 Å². The first kappa shape index (κ1) is 35.1. The molecule has 8 heteroatoms. The first-order valence-corrected chi connectivity index (χ1v) is 11.0. The van der Waals surface area contributed by atoms with Gasteiger partial charge >= 0.3 is 0 Å². The second-order valence-corrected chi connectivity index (χ2v) is 6.26. The minimum atomic E-state index is 0.750. The van der Waals surface area contributed by atoms with E-state index in [4.69, 9.17) is 17.2 Å². The van der Waals surface area contributed by atoms with Crippen molar-refractivity contribution in [1.82, 2.24) is 25.8 Å². The molecule has 0 aromatic heterocycles. The third-order valence-corrected chi connectivity index (χ3v) is 3.36. The molecule has 0 fully saturated rings. The summed E-state index contributed by atoms with van der Waals surface area (Å²) in [6, 6.07) is 0. The van der Waals surface area contributed by atoms with Crippen molar-refractivity contribution in [2.24, 2.45) is 17.2 Å². The van der Waals surface area contributed by atoms with Crippen molar-refractivity contribution < 1.29 is 0 Å². The Morgan fingerprint density at radius 2 is 0.821 bits per heavy atom. The lowest BCUT2D eigenvalue weighted by atomic mass is 10.5. The predicted molar refractivity (Wildman–Crippen MR) is 129 cm³/mol. The summed E-state index contributed by atoms with van der Waals surface area (Å²) in [5, 5.41) is 9.62. The Morgan fingerprint density at radius 1 is 0.536 bits per heavy atom. The number of hydrogen-bond donors (Lipinski definition) is 6. The highest BCUT2D eigenvalue weighted by atomic mass is 15.1. The molecule has 0 aromatic rings. The normalized spacial score (nSPS) is 9.86. The van der Waals surface area contributed by atoms with E-state index in [0.717, 1.165) is 85.1 Å². The van der Waals surface area contributed by atoms with Crippen LogP contribution in [0.2, 0.25) is 0 Å². The van der Waals surface area contributed by atoms with Crippen LogP contribution in [0.1, 0.15) is 34.6 Å². The third kappa shape index (κ3) is 50.0. The molecule has 0 bridgehead atoms. The summed E-state index contributed by atoms with van der Waals surface area (Å²) < 4.78 is 0. The maximum atomic E-state index is 5.37. The van der Waals surface area contributed by atoms with Crippen LogP contribution in [0.5, 0.6) is 0 Å². The molecule has 0 spiro atoms. The van der Waals surface area contributed by atoms with Gasteiger partial charge in [0, 0.05) is 52.4 Å². The van der Waals surface area contributed by atoms with Crippen molar-refractivity contribution in [2.45, 2.75) is 34.6 Å². The summed E-state index contributed by atoms with van der Waals surface area (Å²) >= 11 is 0. The molecule has 9 N–H and O–H groups in total. The monoisotopic (exact) mass is 408 g/mol. The largest absolute Gasteiger partial charge is 0.331 e. The fourth-order valence-corrected chi connectivity index (χ4v) is 1.81. The number of likely N-dealkylation sites (N-methyl/N-ethyl adjacent to an activating group) is 4. The Kier molecular flexibility index (Phi) is 47.0. The van der Waals surface area contributed by atoms with E-state index in [2.05, 4.69) is 67.5 Å². The van der Waals surface area contributed by atoms with E-state index in [-0.39, 0.29) is 0 Å². The molecule has 0 amide bonds. The van der Waals surface area contributed by atoms with E-state index in [0.29, 0.717) is 0 Å². The molecule has 0 aromatic carbocycles. The fraction of sp³-hybridized carbons (Fsp3) is 1.00. The second kappa shape index (κ2) is 37.4. The van der Waals surface area contributed by atoms with Crippen molar-refractivity contribution in [3.8, 4) is 0 Å².